The van der Waals surface area contributed by atoms with Crippen molar-refractivity contribution in [1.29, 1.82) is 0 Å². The monoisotopic (exact) mass is 285 g/mol. The number of hydrogen-bond acceptors (Lipinski definition) is 2. The smallest absolute Gasteiger partial charge is 0.327 e. The van der Waals surface area contributed by atoms with Gasteiger partial charge in [-0.1, -0.05) is 12.1 Å². The minimum atomic E-state index is 0.00563. The van der Waals surface area contributed by atoms with Crippen LogP contribution in [0.3, 0.4) is 0 Å². The van der Waals surface area contributed by atoms with Gasteiger partial charge < -0.3 is 5.73 Å². The van der Waals surface area contributed by atoms with E-state index >= 15 is 0 Å². The Balaban J connectivity index is 1.94. The van der Waals surface area contributed by atoms with Gasteiger partial charge in [-0.3, -0.25) is 9.13 Å². The molecule has 1 saturated carbocycles. The zero-order valence-corrected chi connectivity index (χ0v) is 12.9. The molecule has 1 fully saturated rings. The Morgan fingerprint density at radius 3 is 2.14 bits per heavy atom. The zero-order valence-electron chi connectivity index (χ0n) is 12.9. The van der Waals surface area contributed by atoms with E-state index in [1.165, 1.54) is 5.56 Å². The number of nitrogens with two attached hydrogens (primary N) is 1. The van der Waals surface area contributed by atoms with E-state index in [1.807, 2.05) is 38.4 Å². The van der Waals surface area contributed by atoms with E-state index < -0.39 is 0 Å². The Labute approximate surface area is 125 Å². The molecule has 0 amide bonds. The van der Waals surface area contributed by atoms with Gasteiger partial charge in [0, 0.05) is 29.9 Å². The average Bonchev–Trinajstić information content (AvgIpc) is 3.17. The molecule has 1 unspecified atom stereocenters. The van der Waals surface area contributed by atoms with Crippen LogP contribution in [0.2, 0.25) is 0 Å². The second kappa shape index (κ2) is 4.88. The van der Waals surface area contributed by atoms with Crippen LogP contribution in [-0.4, -0.2) is 15.2 Å². The molecule has 1 aliphatic rings. The Hall–Kier alpha value is -1.81. The van der Waals surface area contributed by atoms with Crippen molar-refractivity contribution in [2.75, 3.05) is 0 Å². The highest BCUT2D eigenvalue weighted by Gasteiger charge is 2.47. The van der Waals surface area contributed by atoms with E-state index in [2.05, 4.69) is 19.1 Å². The van der Waals surface area contributed by atoms with Crippen molar-refractivity contribution in [3.05, 3.63) is 52.7 Å². The molecule has 0 bridgehead atoms. The first-order valence-corrected chi connectivity index (χ1v) is 7.62. The summed E-state index contributed by atoms with van der Waals surface area (Å²) in [6.07, 6.45) is 5.99. The topological polar surface area (TPSA) is 52.9 Å². The molecule has 0 radical (unpaired) electrons. The van der Waals surface area contributed by atoms with Gasteiger partial charge in [-0.05, 0) is 51.3 Å². The average molecular weight is 285 g/mol. The van der Waals surface area contributed by atoms with Gasteiger partial charge in [0.15, 0.2) is 0 Å². The quantitative estimate of drug-likeness (QED) is 0.938. The third kappa shape index (κ3) is 2.23. The van der Waals surface area contributed by atoms with Crippen LogP contribution in [0.4, 0.5) is 0 Å². The van der Waals surface area contributed by atoms with Gasteiger partial charge >= 0.3 is 5.69 Å². The molecule has 4 heteroatoms. The molecule has 0 aliphatic heterocycles. The number of imidazole rings is 1. The summed E-state index contributed by atoms with van der Waals surface area (Å²) in [5.74, 6) is 0. The van der Waals surface area contributed by atoms with Crippen molar-refractivity contribution >= 4 is 0 Å². The lowest BCUT2D eigenvalue weighted by Gasteiger charge is -2.20. The van der Waals surface area contributed by atoms with E-state index in [0.717, 1.165) is 18.5 Å². The summed E-state index contributed by atoms with van der Waals surface area (Å²) < 4.78 is 3.42. The third-order valence-electron chi connectivity index (χ3n) is 4.74. The van der Waals surface area contributed by atoms with E-state index in [4.69, 9.17) is 5.73 Å². The lowest BCUT2D eigenvalue weighted by Crippen LogP contribution is -2.31. The first kappa shape index (κ1) is 14.1. The predicted octanol–water partition coefficient (Wildman–Crippen LogP) is 2.60. The van der Waals surface area contributed by atoms with Crippen molar-refractivity contribution in [2.45, 2.75) is 51.1 Å². The minimum absolute atomic E-state index is 0.00563. The van der Waals surface area contributed by atoms with Crippen LogP contribution >= 0.6 is 0 Å². The molecule has 1 aromatic heterocycles. The molecule has 1 heterocycles. The highest BCUT2D eigenvalue weighted by molar-refractivity contribution is 5.41. The van der Waals surface area contributed by atoms with Crippen LogP contribution in [-0.2, 0) is 5.41 Å². The maximum absolute atomic E-state index is 12.3. The zero-order chi connectivity index (χ0) is 15.2. The summed E-state index contributed by atoms with van der Waals surface area (Å²) >= 11 is 0. The maximum atomic E-state index is 12.3. The van der Waals surface area contributed by atoms with Crippen LogP contribution in [0.15, 0.2) is 41.5 Å². The fourth-order valence-electron chi connectivity index (χ4n) is 3.08. The lowest BCUT2D eigenvalue weighted by atomic mass is 9.89. The summed E-state index contributed by atoms with van der Waals surface area (Å²) in [5.41, 5.74) is 8.48. The van der Waals surface area contributed by atoms with Crippen LogP contribution in [0.25, 0.3) is 5.69 Å². The Kier molecular flexibility index (Phi) is 3.29. The van der Waals surface area contributed by atoms with Crippen molar-refractivity contribution in [3.8, 4) is 5.69 Å². The number of rotatable bonds is 4. The van der Waals surface area contributed by atoms with Gasteiger partial charge in [-0.15, -0.1) is 0 Å². The van der Waals surface area contributed by atoms with Gasteiger partial charge in [0.05, 0.1) is 5.69 Å². The number of aromatic nitrogens is 2. The van der Waals surface area contributed by atoms with Gasteiger partial charge in [-0.2, -0.15) is 0 Å². The van der Waals surface area contributed by atoms with E-state index in [1.54, 1.807) is 9.13 Å². The summed E-state index contributed by atoms with van der Waals surface area (Å²) in [7, 11) is 0. The summed E-state index contributed by atoms with van der Waals surface area (Å²) in [6, 6.07) is 8.61. The molecule has 1 aromatic carbocycles. The fraction of sp³-hybridized carbons (Fsp3) is 0.471. The molecule has 2 N–H and O–H groups in total. The van der Waals surface area contributed by atoms with Crippen LogP contribution in [0.1, 0.15) is 45.2 Å². The van der Waals surface area contributed by atoms with Gasteiger partial charge in [0.2, 0.25) is 0 Å². The van der Waals surface area contributed by atoms with Crippen molar-refractivity contribution < 1.29 is 0 Å². The van der Waals surface area contributed by atoms with Gasteiger partial charge in [-0.25, -0.2) is 4.79 Å². The predicted molar refractivity (Wildman–Crippen MR) is 85.0 cm³/mol. The van der Waals surface area contributed by atoms with Crippen molar-refractivity contribution in [2.24, 2.45) is 5.73 Å². The molecule has 0 saturated heterocycles. The third-order valence-corrected chi connectivity index (χ3v) is 4.74. The van der Waals surface area contributed by atoms with Crippen LogP contribution < -0.4 is 11.4 Å². The van der Waals surface area contributed by atoms with Crippen molar-refractivity contribution in [1.82, 2.24) is 9.13 Å². The Morgan fingerprint density at radius 1 is 1.10 bits per heavy atom. The lowest BCUT2D eigenvalue weighted by molar-refractivity contribution is 0.556. The largest absolute Gasteiger partial charge is 0.332 e. The second-order valence-corrected chi connectivity index (χ2v) is 6.44. The number of benzene rings is 1. The number of hydrogen-bond donors (Lipinski definition) is 1. The van der Waals surface area contributed by atoms with Gasteiger partial charge in [0.1, 0.15) is 0 Å². The molecule has 4 nitrogen and oxygen atoms in total. The first-order chi connectivity index (χ1) is 9.95. The molecule has 1 atom stereocenters. The van der Waals surface area contributed by atoms with E-state index in [0.29, 0.717) is 0 Å². The van der Waals surface area contributed by atoms with Crippen LogP contribution in [0.5, 0.6) is 0 Å². The summed E-state index contributed by atoms with van der Waals surface area (Å²) in [5, 5.41) is 0. The minimum Gasteiger partial charge on any atom is -0.327 e. The van der Waals surface area contributed by atoms with E-state index in [9.17, 15) is 4.79 Å². The summed E-state index contributed by atoms with van der Waals surface area (Å²) in [4.78, 5) is 12.3. The maximum Gasteiger partial charge on any atom is 0.332 e. The normalized spacial score (nSPS) is 18.0. The SMILES string of the molecule is CC(C)n1ccn(-c2ccc(C3(C(C)N)CC3)cc2)c1=O. The Bertz CT molecular complexity index is 688. The van der Waals surface area contributed by atoms with Crippen LogP contribution in [0, 0.1) is 0 Å². The Morgan fingerprint density at radius 2 is 1.71 bits per heavy atom. The number of nitrogens with zero attached hydrogens (tertiary/aromatic N) is 2. The fourth-order valence-corrected chi connectivity index (χ4v) is 3.08. The standard InChI is InChI=1S/C17H23N3O/c1-12(2)19-10-11-20(16(19)21)15-6-4-14(5-7-15)17(8-9-17)13(3)18/h4-7,10-13H,8-9,18H2,1-3H3. The molecule has 1 aliphatic carbocycles. The first-order valence-electron chi connectivity index (χ1n) is 7.62. The van der Waals surface area contributed by atoms with E-state index in [-0.39, 0.29) is 23.2 Å². The molecular formula is C17H23N3O. The highest BCUT2D eigenvalue weighted by Crippen LogP contribution is 2.50. The molecule has 21 heavy (non-hydrogen) atoms. The molecule has 2 aromatic rings. The van der Waals surface area contributed by atoms with Gasteiger partial charge in [0.25, 0.3) is 0 Å². The second-order valence-electron chi connectivity index (χ2n) is 6.44. The summed E-state index contributed by atoms with van der Waals surface area (Å²) in [6.45, 7) is 6.09. The highest BCUT2D eigenvalue weighted by atomic mass is 16.1. The molecular weight excluding hydrogens is 262 g/mol. The van der Waals surface area contributed by atoms with Crippen molar-refractivity contribution in [3.63, 3.8) is 0 Å². The molecule has 112 valence electrons. The molecule has 3 rings (SSSR count). The molecule has 0 spiro atoms.